The van der Waals surface area contributed by atoms with Gasteiger partial charge in [-0.1, -0.05) is 72.3 Å². The molecule has 0 unspecified atom stereocenters. The second-order valence-electron chi connectivity index (χ2n) is 5.65. The molecule has 0 amide bonds. The summed E-state index contributed by atoms with van der Waals surface area (Å²) in [5.74, 6) is 0. The molecule has 0 saturated heterocycles. The number of halogens is 1. The van der Waals surface area contributed by atoms with Gasteiger partial charge in [-0.2, -0.15) is 0 Å². The maximum Gasteiger partial charge on any atom is 0.152 e. The van der Waals surface area contributed by atoms with Crippen LogP contribution in [0.1, 0.15) is 21.5 Å². The third-order valence-electron chi connectivity index (χ3n) is 3.89. The first-order valence-corrected chi connectivity index (χ1v) is 8.21. The van der Waals surface area contributed by atoms with E-state index < -0.39 is 0 Å². The number of aldehydes is 1. The van der Waals surface area contributed by atoms with E-state index in [1.165, 1.54) is 11.1 Å². The van der Waals surface area contributed by atoms with E-state index in [2.05, 4.69) is 29.2 Å². The number of hydrogen-bond acceptors (Lipinski definition) is 2. The molecule has 0 fully saturated rings. The number of carbonyl (C=O) groups excluding carboxylic acids is 1. The molecule has 120 valence electrons. The fourth-order valence-corrected chi connectivity index (χ4v) is 2.89. The van der Waals surface area contributed by atoms with E-state index in [1.807, 2.05) is 42.5 Å². The summed E-state index contributed by atoms with van der Waals surface area (Å²) in [5, 5.41) is 0.627. The molecule has 0 aromatic heterocycles. The molecule has 0 aliphatic rings. The van der Waals surface area contributed by atoms with Gasteiger partial charge in [-0.25, -0.2) is 0 Å². The Morgan fingerprint density at radius 3 is 1.83 bits per heavy atom. The molecular weight excluding hydrogens is 318 g/mol. The first kappa shape index (κ1) is 16.3. The first-order chi connectivity index (χ1) is 11.8. The number of benzene rings is 3. The van der Waals surface area contributed by atoms with Crippen molar-refractivity contribution in [2.45, 2.75) is 13.1 Å². The van der Waals surface area contributed by atoms with Crippen LogP contribution in [0.2, 0.25) is 5.02 Å². The summed E-state index contributed by atoms with van der Waals surface area (Å²) in [6, 6.07) is 25.8. The van der Waals surface area contributed by atoms with Gasteiger partial charge >= 0.3 is 0 Å². The Balaban J connectivity index is 1.98. The van der Waals surface area contributed by atoms with Gasteiger partial charge in [0.2, 0.25) is 0 Å². The normalized spacial score (nSPS) is 10.4. The predicted molar refractivity (Wildman–Crippen MR) is 99.6 cm³/mol. The number of anilines is 1. The molecule has 0 heterocycles. The van der Waals surface area contributed by atoms with Gasteiger partial charge in [-0.15, -0.1) is 0 Å². The second-order valence-corrected chi connectivity index (χ2v) is 6.08. The van der Waals surface area contributed by atoms with E-state index in [4.69, 9.17) is 11.6 Å². The van der Waals surface area contributed by atoms with Crippen molar-refractivity contribution in [3.63, 3.8) is 0 Å². The van der Waals surface area contributed by atoms with Gasteiger partial charge in [0.05, 0.1) is 0 Å². The lowest BCUT2D eigenvalue weighted by Crippen LogP contribution is -2.23. The largest absolute Gasteiger partial charge is 0.362 e. The van der Waals surface area contributed by atoms with Crippen LogP contribution in [-0.2, 0) is 13.1 Å². The van der Waals surface area contributed by atoms with Crippen LogP contribution in [0.15, 0.2) is 78.9 Å². The minimum Gasteiger partial charge on any atom is -0.362 e. The first-order valence-electron chi connectivity index (χ1n) is 7.84. The number of hydrogen-bond donors (Lipinski definition) is 0. The van der Waals surface area contributed by atoms with E-state index in [-0.39, 0.29) is 0 Å². The van der Waals surface area contributed by atoms with Crippen LogP contribution in [0.5, 0.6) is 0 Å². The van der Waals surface area contributed by atoms with E-state index in [0.29, 0.717) is 23.7 Å². The average molecular weight is 336 g/mol. The zero-order valence-electron chi connectivity index (χ0n) is 13.2. The lowest BCUT2D eigenvalue weighted by atomic mass is 10.1. The Morgan fingerprint density at radius 2 is 1.33 bits per heavy atom. The predicted octanol–water partition coefficient (Wildman–Crippen LogP) is 5.36. The van der Waals surface area contributed by atoms with Crippen LogP contribution < -0.4 is 4.90 Å². The zero-order chi connectivity index (χ0) is 16.8. The second kappa shape index (κ2) is 7.80. The SMILES string of the molecule is O=Cc1ccc(Cl)cc1N(Cc1ccccc1)Cc1ccccc1. The fourth-order valence-electron chi connectivity index (χ4n) is 2.72. The molecule has 0 bridgehead atoms. The Kier molecular flexibility index (Phi) is 5.29. The molecule has 0 saturated carbocycles. The molecule has 0 N–H and O–H groups in total. The van der Waals surface area contributed by atoms with Gasteiger partial charge in [-0.05, 0) is 29.3 Å². The highest BCUT2D eigenvalue weighted by Gasteiger charge is 2.13. The van der Waals surface area contributed by atoms with Crippen LogP contribution in [-0.4, -0.2) is 6.29 Å². The molecule has 3 aromatic rings. The third-order valence-corrected chi connectivity index (χ3v) is 4.13. The summed E-state index contributed by atoms with van der Waals surface area (Å²) in [6.07, 6.45) is 0.884. The van der Waals surface area contributed by atoms with Gasteiger partial charge in [0, 0.05) is 29.4 Å². The smallest absolute Gasteiger partial charge is 0.152 e. The summed E-state index contributed by atoms with van der Waals surface area (Å²) in [7, 11) is 0. The standard InChI is InChI=1S/C21H18ClNO/c22-20-12-11-19(16-24)21(13-20)23(14-17-7-3-1-4-8-17)15-18-9-5-2-6-10-18/h1-13,16H,14-15H2. The number of nitrogens with zero attached hydrogens (tertiary/aromatic N) is 1. The Hall–Kier alpha value is -2.58. The van der Waals surface area contributed by atoms with E-state index >= 15 is 0 Å². The topological polar surface area (TPSA) is 20.3 Å². The summed E-state index contributed by atoms with van der Waals surface area (Å²) in [5.41, 5.74) is 3.87. The number of carbonyl (C=O) groups is 1. The highest BCUT2D eigenvalue weighted by molar-refractivity contribution is 6.31. The molecule has 0 radical (unpaired) electrons. The van der Waals surface area contributed by atoms with Crippen LogP contribution in [0.25, 0.3) is 0 Å². The van der Waals surface area contributed by atoms with Crippen molar-refractivity contribution in [2.24, 2.45) is 0 Å². The van der Waals surface area contributed by atoms with Crippen molar-refractivity contribution < 1.29 is 4.79 Å². The fraction of sp³-hybridized carbons (Fsp3) is 0.0952. The van der Waals surface area contributed by atoms with Crippen LogP contribution >= 0.6 is 11.6 Å². The summed E-state index contributed by atoms with van der Waals surface area (Å²) < 4.78 is 0. The minimum absolute atomic E-state index is 0.627. The molecule has 0 spiro atoms. The van der Waals surface area contributed by atoms with Crippen molar-refractivity contribution in [3.8, 4) is 0 Å². The maximum atomic E-state index is 11.5. The molecule has 3 heteroatoms. The number of rotatable bonds is 6. The zero-order valence-corrected chi connectivity index (χ0v) is 14.0. The van der Waals surface area contributed by atoms with Gasteiger partial charge < -0.3 is 4.90 Å². The van der Waals surface area contributed by atoms with Crippen molar-refractivity contribution in [1.82, 2.24) is 0 Å². The summed E-state index contributed by atoms with van der Waals surface area (Å²) in [4.78, 5) is 13.7. The highest BCUT2D eigenvalue weighted by Crippen LogP contribution is 2.27. The highest BCUT2D eigenvalue weighted by atomic mass is 35.5. The van der Waals surface area contributed by atoms with E-state index in [0.717, 1.165) is 12.0 Å². The molecule has 0 atom stereocenters. The van der Waals surface area contributed by atoms with Crippen LogP contribution in [0.3, 0.4) is 0 Å². The van der Waals surface area contributed by atoms with Crippen molar-refractivity contribution in [3.05, 3.63) is 101 Å². The monoisotopic (exact) mass is 335 g/mol. The van der Waals surface area contributed by atoms with E-state index in [9.17, 15) is 4.79 Å². The van der Waals surface area contributed by atoms with Gasteiger partial charge in [0.1, 0.15) is 0 Å². The van der Waals surface area contributed by atoms with Crippen molar-refractivity contribution >= 4 is 23.6 Å². The molecule has 0 aliphatic heterocycles. The van der Waals surface area contributed by atoms with Gasteiger partial charge in [-0.3, -0.25) is 4.79 Å². The molecular formula is C21H18ClNO. The van der Waals surface area contributed by atoms with Crippen molar-refractivity contribution in [2.75, 3.05) is 4.90 Å². The molecule has 24 heavy (non-hydrogen) atoms. The minimum atomic E-state index is 0.627. The van der Waals surface area contributed by atoms with Crippen LogP contribution in [0.4, 0.5) is 5.69 Å². The maximum absolute atomic E-state index is 11.5. The molecule has 3 aromatic carbocycles. The van der Waals surface area contributed by atoms with Gasteiger partial charge in [0.25, 0.3) is 0 Å². The Bertz CT molecular complexity index is 761. The van der Waals surface area contributed by atoms with Crippen LogP contribution in [0, 0.1) is 0 Å². The van der Waals surface area contributed by atoms with Gasteiger partial charge in [0.15, 0.2) is 6.29 Å². The lowest BCUT2D eigenvalue weighted by Gasteiger charge is -2.27. The molecule has 0 aliphatic carbocycles. The van der Waals surface area contributed by atoms with Crippen molar-refractivity contribution in [1.29, 1.82) is 0 Å². The third kappa shape index (κ3) is 4.03. The summed E-state index contributed by atoms with van der Waals surface area (Å²) in [6.45, 7) is 1.41. The lowest BCUT2D eigenvalue weighted by molar-refractivity contribution is 0.112. The molecule has 3 rings (SSSR count). The Labute approximate surface area is 147 Å². The summed E-state index contributed by atoms with van der Waals surface area (Å²) >= 11 is 6.18. The quantitative estimate of drug-likeness (QED) is 0.565. The van der Waals surface area contributed by atoms with E-state index in [1.54, 1.807) is 12.1 Å². The average Bonchev–Trinajstić information content (AvgIpc) is 2.63. The Morgan fingerprint density at radius 1 is 0.792 bits per heavy atom. The molecule has 2 nitrogen and oxygen atoms in total.